The van der Waals surface area contributed by atoms with Crippen molar-refractivity contribution in [2.75, 3.05) is 26.2 Å². The molecule has 0 spiro atoms. The Hall–Kier alpha value is -2.13. The van der Waals surface area contributed by atoms with Crippen LogP contribution in [0.4, 0.5) is 0 Å². The Bertz CT molecular complexity index is 611. The van der Waals surface area contributed by atoms with Crippen LogP contribution in [-0.2, 0) is 0 Å². The minimum absolute atomic E-state index is 0.131. The summed E-state index contributed by atoms with van der Waals surface area (Å²) in [6.45, 7) is 5.43. The van der Waals surface area contributed by atoms with E-state index in [2.05, 4.69) is 36.5 Å². The molecule has 1 amide bonds. The van der Waals surface area contributed by atoms with Crippen LogP contribution >= 0.6 is 0 Å². The van der Waals surface area contributed by atoms with Gasteiger partial charge in [0, 0.05) is 31.7 Å². The Morgan fingerprint density at radius 2 is 1.43 bits per heavy atom. The highest BCUT2D eigenvalue weighted by Gasteiger charge is 2.17. The Morgan fingerprint density at radius 1 is 0.905 bits per heavy atom. The second-order valence-electron chi connectivity index (χ2n) is 5.49. The molecule has 0 bridgehead atoms. The molecule has 108 valence electrons. The predicted molar refractivity (Wildman–Crippen MR) is 85.4 cm³/mol. The van der Waals surface area contributed by atoms with Crippen LogP contribution in [0.2, 0.25) is 0 Å². The maximum absolute atomic E-state index is 12.4. The van der Waals surface area contributed by atoms with Crippen molar-refractivity contribution < 1.29 is 4.79 Å². The second kappa shape index (κ2) is 6.10. The van der Waals surface area contributed by atoms with E-state index in [0.717, 1.165) is 37.3 Å². The van der Waals surface area contributed by atoms with Crippen molar-refractivity contribution in [1.29, 1.82) is 0 Å². The number of piperazine rings is 1. The molecule has 3 heteroatoms. The molecule has 21 heavy (non-hydrogen) atoms. The molecule has 2 aromatic carbocycles. The van der Waals surface area contributed by atoms with Gasteiger partial charge in [-0.15, -0.1) is 0 Å². The van der Waals surface area contributed by atoms with Crippen LogP contribution in [0.1, 0.15) is 15.9 Å². The lowest BCUT2D eigenvalue weighted by Crippen LogP contribution is -2.46. The number of hydrogen-bond acceptors (Lipinski definition) is 2. The molecule has 1 fully saturated rings. The molecule has 1 aliphatic rings. The van der Waals surface area contributed by atoms with Gasteiger partial charge in [-0.2, -0.15) is 0 Å². The van der Waals surface area contributed by atoms with E-state index < -0.39 is 0 Å². The Kier molecular flexibility index (Phi) is 4.02. The van der Waals surface area contributed by atoms with Gasteiger partial charge >= 0.3 is 0 Å². The van der Waals surface area contributed by atoms with Gasteiger partial charge in [-0.3, -0.25) is 4.79 Å². The van der Waals surface area contributed by atoms with Crippen molar-refractivity contribution in [1.82, 2.24) is 10.2 Å². The minimum Gasteiger partial charge on any atom is -0.336 e. The summed E-state index contributed by atoms with van der Waals surface area (Å²) in [5, 5.41) is 3.26. The molecule has 0 saturated carbocycles. The maximum atomic E-state index is 12.4. The first kappa shape index (κ1) is 13.8. The molecule has 0 radical (unpaired) electrons. The first-order chi connectivity index (χ1) is 10.2. The number of amides is 1. The fourth-order valence-corrected chi connectivity index (χ4v) is 2.60. The summed E-state index contributed by atoms with van der Waals surface area (Å²) in [6.07, 6.45) is 0. The van der Waals surface area contributed by atoms with E-state index >= 15 is 0 Å². The van der Waals surface area contributed by atoms with Gasteiger partial charge in [0.2, 0.25) is 0 Å². The van der Waals surface area contributed by atoms with Gasteiger partial charge < -0.3 is 10.2 Å². The zero-order valence-electron chi connectivity index (χ0n) is 12.3. The highest BCUT2D eigenvalue weighted by molar-refractivity contribution is 5.94. The lowest BCUT2D eigenvalue weighted by Gasteiger charge is -2.27. The van der Waals surface area contributed by atoms with Crippen molar-refractivity contribution in [2.24, 2.45) is 0 Å². The summed E-state index contributed by atoms with van der Waals surface area (Å²) in [6, 6.07) is 16.4. The van der Waals surface area contributed by atoms with E-state index in [1.807, 2.05) is 29.2 Å². The van der Waals surface area contributed by atoms with Crippen molar-refractivity contribution in [3.63, 3.8) is 0 Å². The predicted octanol–water partition coefficient (Wildman–Crippen LogP) is 2.71. The highest BCUT2D eigenvalue weighted by atomic mass is 16.2. The molecule has 1 saturated heterocycles. The highest BCUT2D eigenvalue weighted by Crippen LogP contribution is 2.20. The van der Waals surface area contributed by atoms with Crippen molar-refractivity contribution in [3.05, 3.63) is 59.7 Å². The lowest BCUT2D eigenvalue weighted by atomic mass is 10.0. The molecule has 0 aliphatic carbocycles. The Morgan fingerprint density at radius 3 is 2.00 bits per heavy atom. The van der Waals surface area contributed by atoms with E-state index in [1.54, 1.807) is 0 Å². The lowest BCUT2D eigenvalue weighted by molar-refractivity contribution is 0.0736. The van der Waals surface area contributed by atoms with Gasteiger partial charge in [0.1, 0.15) is 0 Å². The maximum Gasteiger partial charge on any atom is 0.253 e. The molecule has 3 nitrogen and oxygen atoms in total. The third-order valence-corrected chi connectivity index (χ3v) is 3.92. The summed E-state index contributed by atoms with van der Waals surface area (Å²) >= 11 is 0. The van der Waals surface area contributed by atoms with Crippen LogP contribution in [0.3, 0.4) is 0 Å². The van der Waals surface area contributed by atoms with Crippen LogP contribution in [0.15, 0.2) is 48.5 Å². The van der Waals surface area contributed by atoms with Crippen LogP contribution in [-0.4, -0.2) is 37.0 Å². The third kappa shape index (κ3) is 3.14. The fraction of sp³-hybridized carbons (Fsp3) is 0.278. The quantitative estimate of drug-likeness (QED) is 0.917. The van der Waals surface area contributed by atoms with Crippen molar-refractivity contribution in [2.45, 2.75) is 6.92 Å². The van der Waals surface area contributed by atoms with E-state index in [1.165, 1.54) is 11.1 Å². The van der Waals surface area contributed by atoms with Crippen LogP contribution in [0.25, 0.3) is 11.1 Å². The zero-order chi connectivity index (χ0) is 14.7. The number of rotatable bonds is 2. The molecule has 0 aromatic heterocycles. The number of nitrogens with zero attached hydrogens (tertiary/aromatic N) is 1. The monoisotopic (exact) mass is 280 g/mol. The van der Waals surface area contributed by atoms with E-state index in [9.17, 15) is 4.79 Å². The molecular formula is C18H20N2O. The third-order valence-electron chi connectivity index (χ3n) is 3.92. The van der Waals surface area contributed by atoms with Gasteiger partial charge in [0.25, 0.3) is 5.91 Å². The SMILES string of the molecule is Cc1ccc(-c2ccc(C(=O)N3CCNCC3)cc2)cc1. The van der Waals surface area contributed by atoms with Gasteiger partial charge in [-0.25, -0.2) is 0 Å². The minimum atomic E-state index is 0.131. The molecule has 1 N–H and O–H groups in total. The van der Waals surface area contributed by atoms with Gasteiger partial charge in [0.15, 0.2) is 0 Å². The summed E-state index contributed by atoms with van der Waals surface area (Å²) in [5.41, 5.74) is 4.35. The number of carbonyl (C=O) groups excluding carboxylic acids is 1. The smallest absolute Gasteiger partial charge is 0.253 e. The van der Waals surface area contributed by atoms with Gasteiger partial charge in [-0.1, -0.05) is 42.0 Å². The van der Waals surface area contributed by atoms with E-state index in [0.29, 0.717) is 0 Å². The standard InChI is InChI=1S/C18H20N2O/c1-14-2-4-15(5-3-14)16-6-8-17(9-7-16)18(21)20-12-10-19-11-13-20/h2-9,19H,10-13H2,1H3. The van der Waals surface area contributed by atoms with Gasteiger partial charge in [-0.05, 0) is 30.2 Å². The number of hydrogen-bond donors (Lipinski definition) is 1. The Labute approximate surface area is 125 Å². The normalized spacial score (nSPS) is 15.0. The average molecular weight is 280 g/mol. The molecular weight excluding hydrogens is 260 g/mol. The van der Waals surface area contributed by atoms with E-state index in [4.69, 9.17) is 0 Å². The van der Waals surface area contributed by atoms with Crippen LogP contribution in [0, 0.1) is 6.92 Å². The number of nitrogens with one attached hydrogen (secondary N) is 1. The first-order valence-electron chi connectivity index (χ1n) is 7.41. The molecule has 3 rings (SSSR count). The second-order valence-corrected chi connectivity index (χ2v) is 5.49. The van der Waals surface area contributed by atoms with Gasteiger partial charge in [0.05, 0.1) is 0 Å². The largest absolute Gasteiger partial charge is 0.336 e. The number of carbonyl (C=O) groups is 1. The summed E-state index contributed by atoms with van der Waals surface area (Å²) in [4.78, 5) is 14.3. The molecule has 0 unspecified atom stereocenters. The topological polar surface area (TPSA) is 32.3 Å². The van der Waals surface area contributed by atoms with Crippen LogP contribution < -0.4 is 5.32 Å². The van der Waals surface area contributed by atoms with E-state index in [-0.39, 0.29) is 5.91 Å². The number of aryl methyl sites for hydroxylation is 1. The summed E-state index contributed by atoms with van der Waals surface area (Å²) in [7, 11) is 0. The fourth-order valence-electron chi connectivity index (χ4n) is 2.60. The zero-order valence-corrected chi connectivity index (χ0v) is 12.3. The number of benzene rings is 2. The van der Waals surface area contributed by atoms with Crippen molar-refractivity contribution in [3.8, 4) is 11.1 Å². The average Bonchev–Trinajstić information content (AvgIpc) is 2.56. The molecule has 1 aliphatic heterocycles. The summed E-state index contributed by atoms with van der Waals surface area (Å²) in [5.74, 6) is 0.131. The molecule has 2 aromatic rings. The van der Waals surface area contributed by atoms with Crippen LogP contribution in [0.5, 0.6) is 0 Å². The molecule has 1 heterocycles. The summed E-state index contributed by atoms with van der Waals surface area (Å²) < 4.78 is 0. The first-order valence-corrected chi connectivity index (χ1v) is 7.41. The van der Waals surface area contributed by atoms with Crippen molar-refractivity contribution >= 4 is 5.91 Å². The Balaban J connectivity index is 1.77. The molecule has 0 atom stereocenters.